The zero-order valence-corrected chi connectivity index (χ0v) is 15.3. The Morgan fingerprint density at radius 1 is 1.50 bits per heavy atom. The molecule has 0 fully saturated rings. The standard InChI is InChI=1S/C20H23N5O/c1-4-16(25-13-15(10-21)11-24-25)5-7-22-12-18-17-6-8-23-20(17)14(2)9-19(18)26-3/h5-6,8-9,11,13,22-23H,4,7,12H2,1-3H3/b16-5+. The second-order valence-electron chi connectivity index (χ2n) is 6.11. The maximum absolute atomic E-state index is 8.93. The molecule has 0 aliphatic rings. The molecule has 0 aliphatic heterocycles. The van der Waals surface area contributed by atoms with Crippen LogP contribution in [0.15, 0.2) is 36.8 Å². The van der Waals surface area contributed by atoms with Crippen molar-refractivity contribution in [2.75, 3.05) is 13.7 Å². The molecular weight excluding hydrogens is 326 g/mol. The Bertz CT molecular complexity index is 974. The lowest BCUT2D eigenvalue weighted by Gasteiger charge is -2.13. The van der Waals surface area contributed by atoms with E-state index in [0.717, 1.165) is 28.9 Å². The van der Waals surface area contributed by atoms with Gasteiger partial charge in [-0.1, -0.05) is 6.92 Å². The van der Waals surface area contributed by atoms with Gasteiger partial charge in [-0.25, -0.2) is 4.68 Å². The summed E-state index contributed by atoms with van der Waals surface area (Å²) in [7, 11) is 1.70. The molecule has 0 saturated carbocycles. The normalized spacial score (nSPS) is 11.7. The molecule has 0 amide bonds. The van der Waals surface area contributed by atoms with Gasteiger partial charge in [0.05, 0.1) is 18.9 Å². The SMILES string of the molecule is CC/C(=C\CNCc1c(OC)cc(C)c2[nH]ccc12)n1cc(C#N)cn1. The van der Waals surface area contributed by atoms with Crippen LogP contribution in [0.1, 0.15) is 30.0 Å². The fraction of sp³-hybridized carbons (Fsp3) is 0.300. The van der Waals surface area contributed by atoms with Crippen molar-refractivity contribution in [3.05, 3.63) is 53.5 Å². The average Bonchev–Trinajstić information content (AvgIpc) is 3.32. The molecule has 1 aromatic carbocycles. The second-order valence-corrected chi connectivity index (χ2v) is 6.11. The molecule has 0 aliphatic carbocycles. The quantitative estimate of drug-likeness (QED) is 0.639. The first-order valence-electron chi connectivity index (χ1n) is 8.66. The highest BCUT2D eigenvalue weighted by atomic mass is 16.5. The van der Waals surface area contributed by atoms with Crippen LogP contribution in [0.25, 0.3) is 16.6 Å². The number of fused-ring (bicyclic) bond motifs is 1. The average molecular weight is 349 g/mol. The van der Waals surface area contributed by atoms with E-state index in [4.69, 9.17) is 10.00 Å². The number of nitrogens with zero attached hydrogens (tertiary/aromatic N) is 3. The number of aromatic nitrogens is 3. The van der Waals surface area contributed by atoms with Crippen molar-refractivity contribution in [1.29, 1.82) is 5.26 Å². The van der Waals surface area contributed by atoms with Crippen molar-refractivity contribution < 1.29 is 4.74 Å². The van der Waals surface area contributed by atoms with Crippen LogP contribution in [0.2, 0.25) is 0 Å². The van der Waals surface area contributed by atoms with Gasteiger partial charge in [-0.3, -0.25) is 0 Å². The lowest BCUT2D eigenvalue weighted by molar-refractivity contribution is 0.409. The van der Waals surface area contributed by atoms with Crippen molar-refractivity contribution in [1.82, 2.24) is 20.1 Å². The van der Waals surface area contributed by atoms with Crippen molar-refractivity contribution in [3.63, 3.8) is 0 Å². The van der Waals surface area contributed by atoms with Crippen LogP contribution >= 0.6 is 0 Å². The highest BCUT2D eigenvalue weighted by Gasteiger charge is 2.11. The predicted octanol–water partition coefficient (Wildman–Crippen LogP) is 3.59. The molecule has 6 nitrogen and oxygen atoms in total. The Morgan fingerprint density at radius 3 is 3.04 bits per heavy atom. The Hall–Kier alpha value is -3.04. The molecule has 0 radical (unpaired) electrons. The van der Waals surface area contributed by atoms with Gasteiger partial charge in [0.25, 0.3) is 0 Å². The zero-order chi connectivity index (χ0) is 18.5. The van der Waals surface area contributed by atoms with Crippen LogP contribution in [-0.4, -0.2) is 28.4 Å². The molecule has 0 atom stereocenters. The van der Waals surface area contributed by atoms with E-state index in [1.54, 1.807) is 24.2 Å². The molecule has 6 heteroatoms. The third kappa shape index (κ3) is 3.48. The monoisotopic (exact) mass is 349 g/mol. The number of nitrogens with one attached hydrogen (secondary N) is 2. The van der Waals surface area contributed by atoms with Gasteiger partial charge in [0.15, 0.2) is 0 Å². The first-order valence-corrected chi connectivity index (χ1v) is 8.66. The smallest absolute Gasteiger partial charge is 0.124 e. The van der Waals surface area contributed by atoms with E-state index in [1.165, 1.54) is 10.9 Å². The van der Waals surface area contributed by atoms with Gasteiger partial charge in [0.2, 0.25) is 0 Å². The number of aromatic amines is 1. The first-order chi connectivity index (χ1) is 12.7. The largest absolute Gasteiger partial charge is 0.496 e. The molecule has 134 valence electrons. The molecule has 0 saturated heterocycles. The van der Waals surface area contributed by atoms with Crippen molar-refractivity contribution in [2.45, 2.75) is 26.8 Å². The van der Waals surface area contributed by atoms with Gasteiger partial charge in [-0.05, 0) is 37.1 Å². The molecule has 0 spiro atoms. The van der Waals surface area contributed by atoms with Crippen LogP contribution in [-0.2, 0) is 6.54 Å². The highest BCUT2D eigenvalue weighted by Crippen LogP contribution is 2.30. The third-order valence-electron chi connectivity index (χ3n) is 4.48. The third-order valence-corrected chi connectivity index (χ3v) is 4.48. The zero-order valence-electron chi connectivity index (χ0n) is 15.3. The summed E-state index contributed by atoms with van der Waals surface area (Å²) >= 11 is 0. The Labute approximate surface area is 153 Å². The molecule has 0 unspecified atom stereocenters. The van der Waals surface area contributed by atoms with E-state index in [2.05, 4.69) is 53.5 Å². The van der Waals surface area contributed by atoms with Gasteiger partial charge in [-0.2, -0.15) is 10.4 Å². The summed E-state index contributed by atoms with van der Waals surface area (Å²) in [6, 6.07) is 6.26. The molecule has 26 heavy (non-hydrogen) atoms. The maximum atomic E-state index is 8.93. The minimum atomic E-state index is 0.566. The van der Waals surface area contributed by atoms with Crippen molar-refractivity contribution in [3.8, 4) is 11.8 Å². The number of methoxy groups -OCH3 is 1. The van der Waals surface area contributed by atoms with Crippen LogP contribution in [0.5, 0.6) is 5.75 Å². The topological polar surface area (TPSA) is 78.7 Å². The van der Waals surface area contributed by atoms with Crippen LogP contribution in [0.3, 0.4) is 0 Å². The molecule has 3 aromatic rings. The Balaban J connectivity index is 1.73. The molecule has 2 heterocycles. The van der Waals surface area contributed by atoms with Gasteiger partial charge < -0.3 is 15.0 Å². The van der Waals surface area contributed by atoms with Crippen molar-refractivity contribution >= 4 is 16.6 Å². The minimum Gasteiger partial charge on any atom is -0.496 e. The van der Waals surface area contributed by atoms with Gasteiger partial charge in [0, 0.05) is 47.6 Å². The van der Waals surface area contributed by atoms with E-state index >= 15 is 0 Å². The number of hydrogen-bond acceptors (Lipinski definition) is 4. The number of nitriles is 1. The molecule has 2 N–H and O–H groups in total. The van der Waals surface area contributed by atoms with Gasteiger partial charge in [-0.15, -0.1) is 0 Å². The summed E-state index contributed by atoms with van der Waals surface area (Å²) < 4.78 is 7.33. The first kappa shape index (κ1) is 17.8. The van der Waals surface area contributed by atoms with E-state index in [1.807, 2.05) is 6.20 Å². The maximum Gasteiger partial charge on any atom is 0.124 e. The van der Waals surface area contributed by atoms with E-state index in [9.17, 15) is 0 Å². The van der Waals surface area contributed by atoms with E-state index in [0.29, 0.717) is 18.7 Å². The summed E-state index contributed by atoms with van der Waals surface area (Å²) in [5.41, 5.74) is 5.09. The number of benzene rings is 1. The Kier molecular flexibility index (Phi) is 5.40. The Morgan fingerprint density at radius 2 is 2.35 bits per heavy atom. The lowest BCUT2D eigenvalue weighted by Crippen LogP contribution is -2.15. The van der Waals surface area contributed by atoms with Crippen molar-refractivity contribution in [2.24, 2.45) is 0 Å². The number of allylic oxidation sites excluding steroid dienone is 1. The number of rotatable bonds is 7. The minimum absolute atomic E-state index is 0.566. The van der Waals surface area contributed by atoms with E-state index < -0.39 is 0 Å². The summed E-state index contributed by atoms with van der Waals surface area (Å²) in [5.74, 6) is 0.896. The molecule has 3 rings (SSSR count). The highest BCUT2D eigenvalue weighted by molar-refractivity contribution is 5.88. The van der Waals surface area contributed by atoms with Gasteiger partial charge in [0.1, 0.15) is 11.8 Å². The number of aryl methyl sites for hydroxylation is 1. The predicted molar refractivity (Wildman–Crippen MR) is 103 cm³/mol. The molecule has 0 bridgehead atoms. The number of hydrogen-bond donors (Lipinski definition) is 2. The summed E-state index contributed by atoms with van der Waals surface area (Å²) in [4.78, 5) is 3.29. The van der Waals surface area contributed by atoms with Crippen LogP contribution < -0.4 is 10.1 Å². The second kappa shape index (κ2) is 7.89. The fourth-order valence-electron chi connectivity index (χ4n) is 3.12. The molecular formula is C20H23N5O. The van der Waals surface area contributed by atoms with E-state index in [-0.39, 0.29) is 0 Å². The fourth-order valence-corrected chi connectivity index (χ4v) is 3.12. The number of H-pyrrole nitrogens is 1. The number of ether oxygens (including phenoxy) is 1. The molecule has 2 aromatic heterocycles. The summed E-state index contributed by atoms with van der Waals surface area (Å²) in [5, 5.41) is 17.8. The summed E-state index contributed by atoms with van der Waals surface area (Å²) in [6.07, 6.45) is 8.23. The summed E-state index contributed by atoms with van der Waals surface area (Å²) in [6.45, 7) is 5.56. The van der Waals surface area contributed by atoms with Crippen LogP contribution in [0.4, 0.5) is 0 Å². The van der Waals surface area contributed by atoms with Gasteiger partial charge >= 0.3 is 0 Å². The lowest BCUT2D eigenvalue weighted by atomic mass is 10.0. The van der Waals surface area contributed by atoms with Crippen LogP contribution in [0, 0.1) is 18.3 Å².